The normalized spacial score (nSPS) is 22.4. The van der Waals surface area contributed by atoms with Crippen LogP contribution < -0.4 is 5.32 Å². The molecule has 0 bridgehead atoms. The number of nitrogens with zero attached hydrogens (tertiary/aromatic N) is 1. The van der Waals surface area contributed by atoms with Crippen LogP contribution in [0.5, 0.6) is 0 Å². The lowest BCUT2D eigenvalue weighted by molar-refractivity contribution is -0.138. The van der Waals surface area contributed by atoms with Gasteiger partial charge in [0.1, 0.15) is 0 Å². The van der Waals surface area contributed by atoms with Crippen LogP contribution in [0.4, 0.5) is 0 Å². The Morgan fingerprint density at radius 2 is 2.00 bits per heavy atom. The SMILES string of the molecule is CCC(CC)C(O)CN1CCCC(NC(C)C)C1=O. The summed E-state index contributed by atoms with van der Waals surface area (Å²) < 4.78 is 0. The molecule has 0 aliphatic carbocycles. The van der Waals surface area contributed by atoms with E-state index in [0.717, 1.165) is 32.2 Å². The molecule has 0 saturated carbocycles. The smallest absolute Gasteiger partial charge is 0.239 e. The molecule has 0 radical (unpaired) electrons. The molecule has 4 nitrogen and oxygen atoms in total. The van der Waals surface area contributed by atoms with Gasteiger partial charge in [0.2, 0.25) is 5.91 Å². The second kappa shape index (κ2) is 7.85. The van der Waals surface area contributed by atoms with E-state index in [0.29, 0.717) is 18.5 Å². The quantitative estimate of drug-likeness (QED) is 0.741. The van der Waals surface area contributed by atoms with Crippen molar-refractivity contribution in [2.45, 2.75) is 71.6 Å². The molecule has 0 aromatic carbocycles. The molecular weight excluding hydrogens is 240 g/mol. The Labute approximate surface area is 117 Å². The summed E-state index contributed by atoms with van der Waals surface area (Å²) in [7, 11) is 0. The van der Waals surface area contributed by atoms with E-state index in [2.05, 4.69) is 33.0 Å². The Balaban J connectivity index is 2.55. The van der Waals surface area contributed by atoms with Crippen molar-refractivity contribution in [3.8, 4) is 0 Å². The zero-order valence-corrected chi connectivity index (χ0v) is 12.9. The number of β-amino-alcohol motifs (C(OH)–C–C–N with tert-alkyl or cyclic N) is 1. The standard InChI is InChI=1S/C15H30N2O2/c1-5-12(6-2)14(18)10-17-9-7-8-13(15(17)19)16-11(3)4/h11-14,16,18H,5-10H2,1-4H3. The van der Waals surface area contributed by atoms with E-state index >= 15 is 0 Å². The fraction of sp³-hybridized carbons (Fsp3) is 0.933. The summed E-state index contributed by atoms with van der Waals surface area (Å²) in [4.78, 5) is 14.2. The van der Waals surface area contributed by atoms with Crippen LogP contribution in [-0.4, -0.2) is 47.2 Å². The maximum Gasteiger partial charge on any atom is 0.239 e. The second-order valence-corrected chi connectivity index (χ2v) is 5.94. The highest BCUT2D eigenvalue weighted by molar-refractivity contribution is 5.82. The van der Waals surface area contributed by atoms with Gasteiger partial charge in [-0.3, -0.25) is 4.79 Å². The number of hydrogen-bond acceptors (Lipinski definition) is 3. The molecule has 1 aliphatic heterocycles. The molecule has 2 atom stereocenters. The van der Waals surface area contributed by atoms with E-state index < -0.39 is 6.10 Å². The maximum atomic E-state index is 12.3. The van der Waals surface area contributed by atoms with Gasteiger partial charge in [0, 0.05) is 19.1 Å². The maximum absolute atomic E-state index is 12.3. The van der Waals surface area contributed by atoms with Crippen LogP contribution in [0.3, 0.4) is 0 Å². The predicted octanol–water partition coefficient (Wildman–Crippen LogP) is 1.77. The van der Waals surface area contributed by atoms with Gasteiger partial charge in [-0.25, -0.2) is 0 Å². The number of carbonyl (C=O) groups is 1. The van der Waals surface area contributed by atoms with Crippen molar-refractivity contribution in [3.05, 3.63) is 0 Å². The van der Waals surface area contributed by atoms with Gasteiger partial charge < -0.3 is 15.3 Å². The number of amides is 1. The molecule has 19 heavy (non-hydrogen) atoms. The Morgan fingerprint density at radius 1 is 1.37 bits per heavy atom. The monoisotopic (exact) mass is 270 g/mol. The average molecular weight is 270 g/mol. The van der Waals surface area contributed by atoms with E-state index in [9.17, 15) is 9.90 Å². The van der Waals surface area contributed by atoms with Gasteiger partial charge in [0.25, 0.3) is 0 Å². The van der Waals surface area contributed by atoms with Gasteiger partial charge in [-0.2, -0.15) is 0 Å². The zero-order chi connectivity index (χ0) is 14.4. The van der Waals surface area contributed by atoms with Gasteiger partial charge in [-0.05, 0) is 18.8 Å². The molecule has 1 rings (SSSR count). The van der Waals surface area contributed by atoms with Crippen molar-refractivity contribution in [2.24, 2.45) is 5.92 Å². The highest BCUT2D eigenvalue weighted by Crippen LogP contribution is 2.18. The average Bonchev–Trinajstić information content (AvgIpc) is 2.35. The molecule has 0 aromatic rings. The molecule has 2 N–H and O–H groups in total. The van der Waals surface area contributed by atoms with E-state index in [1.54, 1.807) is 0 Å². The van der Waals surface area contributed by atoms with Crippen LogP contribution >= 0.6 is 0 Å². The van der Waals surface area contributed by atoms with Crippen LogP contribution in [0.15, 0.2) is 0 Å². The lowest BCUT2D eigenvalue weighted by Crippen LogP contribution is -2.54. The largest absolute Gasteiger partial charge is 0.391 e. The molecular formula is C15H30N2O2. The van der Waals surface area contributed by atoms with Crippen molar-refractivity contribution in [1.82, 2.24) is 10.2 Å². The van der Waals surface area contributed by atoms with Crippen molar-refractivity contribution >= 4 is 5.91 Å². The van der Waals surface area contributed by atoms with Gasteiger partial charge in [-0.1, -0.05) is 40.5 Å². The minimum absolute atomic E-state index is 0.0670. The molecule has 0 spiro atoms. The van der Waals surface area contributed by atoms with Gasteiger partial charge in [-0.15, -0.1) is 0 Å². The number of likely N-dealkylation sites (tertiary alicyclic amines) is 1. The summed E-state index contributed by atoms with van der Waals surface area (Å²) in [5.74, 6) is 0.455. The van der Waals surface area contributed by atoms with Gasteiger partial charge in [0.15, 0.2) is 0 Å². The van der Waals surface area contributed by atoms with Crippen molar-refractivity contribution in [3.63, 3.8) is 0 Å². The first kappa shape index (κ1) is 16.4. The first-order chi connectivity index (χ1) is 8.99. The van der Waals surface area contributed by atoms with Gasteiger partial charge >= 0.3 is 0 Å². The number of nitrogens with one attached hydrogen (secondary N) is 1. The molecule has 1 amide bonds. The number of aliphatic hydroxyl groups excluding tert-OH is 1. The minimum Gasteiger partial charge on any atom is -0.391 e. The van der Waals surface area contributed by atoms with Crippen LogP contribution in [-0.2, 0) is 4.79 Å². The molecule has 112 valence electrons. The van der Waals surface area contributed by atoms with E-state index in [1.165, 1.54) is 0 Å². The van der Waals surface area contributed by atoms with Gasteiger partial charge in [0.05, 0.1) is 12.1 Å². The lowest BCUT2D eigenvalue weighted by atomic mass is 9.95. The van der Waals surface area contributed by atoms with Crippen LogP contribution in [0.25, 0.3) is 0 Å². The lowest BCUT2D eigenvalue weighted by Gasteiger charge is -2.36. The van der Waals surface area contributed by atoms with E-state index in [-0.39, 0.29) is 11.9 Å². The summed E-state index contributed by atoms with van der Waals surface area (Å²) in [6.45, 7) is 9.58. The van der Waals surface area contributed by atoms with Crippen molar-refractivity contribution < 1.29 is 9.90 Å². The summed E-state index contributed by atoms with van der Waals surface area (Å²) in [6, 6.07) is 0.250. The Morgan fingerprint density at radius 3 is 2.53 bits per heavy atom. The van der Waals surface area contributed by atoms with Crippen molar-refractivity contribution in [1.29, 1.82) is 0 Å². The number of rotatable bonds is 7. The third kappa shape index (κ3) is 4.77. The minimum atomic E-state index is -0.392. The Hall–Kier alpha value is -0.610. The fourth-order valence-corrected chi connectivity index (χ4v) is 2.89. The summed E-state index contributed by atoms with van der Waals surface area (Å²) in [6.07, 6.45) is 3.47. The number of hydrogen-bond donors (Lipinski definition) is 2. The molecule has 4 heteroatoms. The van der Waals surface area contributed by atoms with Crippen LogP contribution in [0.2, 0.25) is 0 Å². The van der Waals surface area contributed by atoms with Crippen molar-refractivity contribution in [2.75, 3.05) is 13.1 Å². The summed E-state index contributed by atoms with van der Waals surface area (Å²) >= 11 is 0. The predicted molar refractivity (Wildman–Crippen MR) is 78.0 cm³/mol. The Bertz CT molecular complexity index is 277. The molecule has 1 heterocycles. The first-order valence-electron chi connectivity index (χ1n) is 7.72. The second-order valence-electron chi connectivity index (χ2n) is 5.94. The molecule has 1 fully saturated rings. The van der Waals surface area contributed by atoms with E-state index in [1.807, 2.05) is 4.90 Å². The number of aliphatic hydroxyl groups is 1. The topological polar surface area (TPSA) is 52.6 Å². The number of carbonyl (C=O) groups excluding carboxylic acids is 1. The number of piperidine rings is 1. The van der Waals surface area contributed by atoms with E-state index in [4.69, 9.17) is 0 Å². The first-order valence-corrected chi connectivity index (χ1v) is 7.72. The molecule has 2 unspecified atom stereocenters. The third-order valence-corrected chi connectivity index (χ3v) is 4.07. The van der Waals surface area contributed by atoms with Crippen LogP contribution in [0, 0.1) is 5.92 Å². The third-order valence-electron chi connectivity index (χ3n) is 4.07. The molecule has 0 aromatic heterocycles. The Kier molecular flexibility index (Phi) is 6.80. The highest BCUT2D eigenvalue weighted by Gasteiger charge is 2.31. The summed E-state index contributed by atoms with van der Waals surface area (Å²) in [5.41, 5.74) is 0. The summed E-state index contributed by atoms with van der Waals surface area (Å²) in [5, 5.41) is 13.6. The van der Waals surface area contributed by atoms with Crippen LogP contribution in [0.1, 0.15) is 53.4 Å². The fourth-order valence-electron chi connectivity index (χ4n) is 2.89. The zero-order valence-electron chi connectivity index (χ0n) is 12.9. The highest BCUT2D eigenvalue weighted by atomic mass is 16.3. The molecule has 1 aliphatic rings. The molecule has 1 saturated heterocycles.